The second-order valence-electron chi connectivity index (χ2n) is 2.32. The van der Waals surface area contributed by atoms with E-state index < -0.39 is 0 Å². The minimum absolute atomic E-state index is 0.520. The van der Waals surface area contributed by atoms with Gasteiger partial charge in [0.15, 0.2) is 5.82 Å². The highest BCUT2D eigenvalue weighted by Crippen LogP contribution is 2.09. The van der Waals surface area contributed by atoms with Gasteiger partial charge in [-0.05, 0) is 6.42 Å². The van der Waals surface area contributed by atoms with Crippen molar-refractivity contribution in [2.75, 3.05) is 19.0 Å². The average molecular weight is 187 g/mol. The summed E-state index contributed by atoms with van der Waals surface area (Å²) in [5.41, 5.74) is 0. The van der Waals surface area contributed by atoms with Crippen molar-refractivity contribution in [2.45, 2.75) is 20.0 Å². The van der Waals surface area contributed by atoms with E-state index in [4.69, 9.17) is 4.74 Å². The Labute approximate surface area is 76.1 Å². The maximum atomic E-state index is 5.28. The summed E-state index contributed by atoms with van der Waals surface area (Å²) in [5.74, 6) is 0.762. The number of anilines is 1. The van der Waals surface area contributed by atoms with Gasteiger partial charge in [-0.3, -0.25) is 0 Å². The normalized spacial score (nSPS) is 10.2. The van der Waals surface area contributed by atoms with Crippen LogP contribution in [0.2, 0.25) is 0 Å². The Hall–Kier alpha value is -0.680. The van der Waals surface area contributed by atoms with Crippen molar-refractivity contribution in [3.63, 3.8) is 0 Å². The third-order valence-electron chi connectivity index (χ3n) is 1.26. The van der Waals surface area contributed by atoms with Gasteiger partial charge in [0.1, 0.15) is 6.61 Å². The van der Waals surface area contributed by atoms with Crippen LogP contribution in [-0.4, -0.2) is 23.0 Å². The summed E-state index contributed by atoms with van der Waals surface area (Å²) in [6.45, 7) is 3.37. The number of nitrogens with one attached hydrogen (secondary N) is 1. The lowest BCUT2D eigenvalue weighted by molar-refractivity contribution is 0.117. The van der Waals surface area contributed by atoms with E-state index in [-0.39, 0.29) is 0 Å². The van der Waals surface area contributed by atoms with E-state index >= 15 is 0 Å². The zero-order valence-electron chi connectivity index (χ0n) is 7.33. The molecule has 1 aromatic rings. The molecule has 0 unspecified atom stereocenters. The van der Waals surface area contributed by atoms with Crippen LogP contribution in [-0.2, 0) is 11.3 Å². The number of ether oxygens (including phenoxy) is 1. The summed E-state index contributed by atoms with van der Waals surface area (Å²) < 4.78 is 9.38. The van der Waals surface area contributed by atoms with Crippen LogP contribution >= 0.6 is 11.5 Å². The van der Waals surface area contributed by atoms with Crippen molar-refractivity contribution in [3.05, 3.63) is 5.82 Å². The minimum atomic E-state index is 0.520. The van der Waals surface area contributed by atoms with Gasteiger partial charge < -0.3 is 10.1 Å². The van der Waals surface area contributed by atoms with E-state index in [9.17, 15) is 0 Å². The number of nitrogens with zero attached hydrogens (tertiary/aromatic N) is 2. The third-order valence-corrected chi connectivity index (χ3v) is 2.03. The first kappa shape index (κ1) is 9.41. The van der Waals surface area contributed by atoms with Crippen LogP contribution in [0, 0.1) is 0 Å². The molecule has 1 heterocycles. The molecule has 0 amide bonds. The quantitative estimate of drug-likeness (QED) is 0.710. The standard InChI is InChI=1S/C7H13N3OS/c1-3-4-11-5-6-9-7(8-2)12-10-6/h3-5H2,1-2H3,(H,8,9,10). The number of hydrogen-bond acceptors (Lipinski definition) is 5. The van der Waals surface area contributed by atoms with E-state index in [1.54, 1.807) is 0 Å². The average Bonchev–Trinajstić information content (AvgIpc) is 2.53. The maximum Gasteiger partial charge on any atom is 0.202 e. The lowest BCUT2D eigenvalue weighted by Crippen LogP contribution is -1.96. The van der Waals surface area contributed by atoms with Gasteiger partial charge in [0.2, 0.25) is 5.13 Å². The van der Waals surface area contributed by atoms with Crippen LogP contribution in [0.25, 0.3) is 0 Å². The van der Waals surface area contributed by atoms with Gasteiger partial charge in [0.05, 0.1) is 0 Å². The highest BCUT2D eigenvalue weighted by molar-refractivity contribution is 7.09. The largest absolute Gasteiger partial charge is 0.373 e. The fourth-order valence-corrected chi connectivity index (χ4v) is 1.24. The Balaban J connectivity index is 2.31. The van der Waals surface area contributed by atoms with E-state index in [2.05, 4.69) is 21.6 Å². The lowest BCUT2D eigenvalue weighted by atomic mass is 10.5. The molecule has 0 aliphatic heterocycles. The van der Waals surface area contributed by atoms with Crippen molar-refractivity contribution >= 4 is 16.7 Å². The van der Waals surface area contributed by atoms with Crippen molar-refractivity contribution in [3.8, 4) is 0 Å². The predicted octanol–water partition coefficient (Wildman–Crippen LogP) is 1.51. The topological polar surface area (TPSA) is 47.0 Å². The summed E-state index contributed by atoms with van der Waals surface area (Å²) in [6.07, 6.45) is 1.03. The molecule has 0 saturated heterocycles. The molecule has 0 saturated carbocycles. The predicted molar refractivity (Wildman–Crippen MR) is 49.4 cm³/mol. The molecule has 0 bridgehead atoms. The fourth-order valence-electron chi connectivity index (χ4n) is 0.722. The summed E-state index contributed by atoms with van der Waals surface area (Å²) in [5, 5.41) is 3.77. The van der Waals surface area contributed by atoms with Crippen LogP contribution < -0.4 is 5.32 Å². The van der Waals surface area contributed by atoms with Gasteiger partial charge >= 0.3 is 0 Å². The van der Waals surface area contributed by atoms with Gasteiger partial charge in [0, 0.05) is 25.2 Å². The van der Waals surface area contributed by atoms with E-state index in [0.29, 0.717) is 6.61 Å². The first-order chi connectivity index (χ1) is 5.86. The van der Waals surface area contributed by atoms with Gasteiger partial charge in [0.25, 0.3) is 0 Å². The van der Waals surface area contributed by atoms with E-state index in [1.807, 2.05) is 7.05 Å². The third kappa shape index (κ3) is 2.75. The second kappa shape index (κ2) is 5.05. The first-order valence-electron chi connectivity index (χ1n) is 3.95. The van der Waals surface area contributed by atoms with Crippen molar-refractivity contribution in [1.29, 1.82) is 0 Å². The Morgan fingerprint density at radius 2 is 2.42 bits per heavy atom. The van der Waals surface area contributed by atoms with Gasteiger partial charge in [-0.1, -0.05) is 6.92 Å². The van der Waals surface area contributed by atoms with Crippen molar-refractivity contribution in [2.24, 2.45) is 0 Å². The Morgan fingerprint density at radius 1 is 1.58 bits per heavy atom. The van der Waals surface area contributed by atoms with Crippen LogP contribution in [0.3, 0.4) is 0 Å². The Bertz CT molecular complexity index is 226. The second-order valence-corrected chi connectivity index (χ2v) is 3.07. The molecule has 0 spiro atoms. The van der Waals surface area contributed by atoms with Gasteiger partial charge in [-0.2, -0.15) is 4.37 Å². The lowest BCUT2D eigenvalue weighted by Gasteiger charge is -1.96. The summed E-state index contributed by atoms with van der Waals surface area (Å²) in [4.78, 5) is 4.17. The SMILES string of the molecule is CCCOCc1nsc(NC)n1. The van der Waals surface area contributed by atoms with Gasteiger partial charge in [-0.15, -0.1) is 0 Å². The molecule has 4 nitrogen and oxygen atoms in total. The molecular weight excluding hydrogens is 174 g/mol. The molecular formula is C7H13N3OS. The molecule has 1 N–H and O–H groups in total. The van der Waals surface area contributed by atoms with E-state index in [1.165, 1.54) is 11.5 Å². The van der Waals surface area contributed by atoms with Crippen molar-refractivity contribution in [1.82, 2.24) is 9.36 Å². The molecule has 0 aliphatic carbocycles. The van der Waals surface area contributed by atoms with Crippen LogP contribution in [0.5, 0.6) is 0 Å². The molecule has 68 valence electrons. The monoisotopic (exact) mass is 187 g/mol. The zero-order chi connectivity index (χ0) is 8.81. The Kier molecular flexibility index (Phi) is 3.96. The highest BCUT2D eigenvalue weighted by atomic mass is 32.1. The summed E-state index contributed by atoms with van der Waals surface area (Å²) >= 11 is 1.36. The maximum absolute atomic E-state index is 5.28. The molecule has 0 aliphatic rings. The molecule has 1 aromatic heterocycles. The molecule has 0 atom stereocenters. The molecule has 0 fully saturated rings. The molecule has 1 rings (SSSR count). The minimum Gasteiger partial charge on any atom is -0.373 e. The summed E-state index contributed by atoms with van der Waals surface area (Å²) in [7, 11) is 1.83. The smallest absolute Gasteiger partial charge is 0.202 e. The molecule has 0 aromatic carbocycles. The number of rotatable bonds is 5. The summed E-state index contributed by atoms with van der Waals surface area (Å²) in [6, 6.07) is 0. The number of aromatic nitrogens is 2. The van der Waals surface area contributed by atoms with Crippen molar-refractivity contribution < 1.29 is 4.74 Å². The first-order valence-corrected chi connectivity index (χ1v) is 4.72. The van der Waals surface area contributed by atoms with Crippen LogP contribution in [0.1, 0.15) is 19.2 Å². The molecule has 12 heavy (non-hydrogen) atoms. The van der Waals surface area contributed by atoms with Crippen LogP contribution in [0.15, 0.2) is 0 Å². The Morgan fingerprint density at radius 3 is 3.00 bits per heavy atom. The molecule has 5 heteroatoms. The molecule has 0 radical (unpaired) electrons. The number of hydrogen-bond donors (Lipinski definition) is 1. The van der Waals surface area contributed by atoms with Crippen LogP contribution in [0.4, 0.5) is 5.13 Å². The van der Waals surface area contributed by atoms with Gasteiger partial charge in [-0.25, -0.2) is 4.98 Å². The fraction of sp³-hybridized carbons (Fsp3) is 0.714. The zero-order valence-corrected chi connectivity index (χ0v) is 8.15. The highest BCUT2D eigenvalue weighted by Gasteiger charge is 2.00. The van der Waals surface area contributed by atoms with E-state index in [0.717, 1.165) is 24.0 Å².